The maximum Gasteiger partial charge on any atom is 0.306 e. The quantitative estimate of drug-likeness (QED) is 0.817. The molecule has 0 bridgehead atoms. The van der Waals surface area contributed by atoms with Crippen LogP contribution in [0.25, 0.3) is 0 Å². The van der Waals surface area contributed by atoms with E-state index in [1.54, 1.807) is 0 Å². The van der Waals surface area contributed by atoms with E-state index in [2.05, 4.69) is 17.4 Å². The van der Waals surface area contributed by atoms with E-state index >= 15 is 0 Å². The Balaban J connectivity index is 2.13. The first-order chi connectivity index (χ1) is 7.70. The molecule has 0 radical (unpaired) electrons. The van der Waals surface area contributed by atoms with Crippen molar-refractivity contribution in [1.82, 2.24) is 0 Å². The monoisotopic (exact) mass is 219 g/mol. The molecule has 1 heterocycles. The second kappa shape index (κ2) is 4.56. The first-order valence-electron chi connectivity index (χ1n) is 5.79. The lowest BCUT2D eigenvalue weighted by Gasteiger charge is -2.10. The molecule has 2 N–H and O–H groups in total. The molecule has 1 unspecified atom stereocenters. The minimum absolute atomic E-state index is 0.257. The molecule has 3 heteroatoms. The van der Waals surface area contributed by atoms with Crippen LogP contribution in [-0.2, 0) is 17.6 Å². The highest BCUT2D eigenvalue weighted by atomic mass is 16.4. The fourth-order valence-corrected chi connectivity index (χ4v) is 2.18. The number of carbonyl (C=O) groups is 1. The fourth-order valence-electron chi connectivity index (χ4n) is 2.18. The Morgan fingerprint density at radius 1 is 1.56 bits per heavy atom. The first-order valence-corrected chi connectivity index (χ1v) is 5.79. The standard InChI is InChI=1S/C13H17NO2/c1-2-10(13(15)16)7-9-3-4-12-11(8-9)5-6-14-12/h3-4,8,10,14H,2,5-7H2,1H3,(H,15,16). The van der Waals surface area contributed by atoms with Gasteiger partial charge in [-0.15, -0.1) is 0 Å². The summed E-state index contributed by atoms with van der Waals surface area (Å²) in [6.07, 6.45) is 2.37. The smallest absolute Gasteiger partial charge is 0.306 e. The summed E-state index contributed by atoms with van der Waals surface area (Å²) in [6, 6.07) is 6.23. The summed E-state index contributed by atoms with van der Waals surface area (Å²) in [5.74, 6) is -0.950. The minimum atomic E-state index is -0.693. The molecule has 0 spiro atoms. The van der Waals surface area contributed by atoms with E-state index in [4.69, 9.17) is 5.11 Å². The van der Waals surface area contributed by atoms with E-state index in [1.807, 2.05) is 13.0 Å². The first kappa shape index (κ1) is 11.0. The predicted octanol–water partition coefficient (Wildman–Crippen LogP) is 2.31. The lowest BCUT2D eigenvalue weighted by atomic mass is 9.95. The van der Waals surface area contributed by atoms with Gasteiger partial charge in [0.15, 0.2) is 0 Å². The lowest BCUT2D eigenvalue weighted by molar-refractivity contribution is -0.141. The molecule has 16 heavy (non-hydrogen) atoms. The Hall–Kier alpha value is -1.51. The number of nitrogens with one attached hydrogen (secondary N) is 1. The Bertz CT molecular complexity index is 401. The maximum atomic E-state index is 11.0. The molecule has 86 valence electrons. The molecule has 0 saturated heterocycles. The van der Waals surface area contributed by atoms with Crippen LogP contribution in [0.4, 0.5) is 5.69 Å². The van der Waals surface area contributed by atoms with Crippen molar-refractivity contribution in [3.8, 4) is 0 Å². The predicted molar refractivity (Wildman–Crippen MR) is 63.8 cm³/mol. The van der Waals surface area contributed by atoms with Gasteiger partial charge < -0.3 is 10.4 Å². The van der Waals surface area contributed by atoms with Crippen LogP contribution in [0.3, 0.4) is 0 Å². The highest BCUT2D eigenvalue weighted by molar-refractivity contribution is 5.70. The third-order valence-corrected chi connectivity index (χ3v) is 3.20. The van der Waals surface area contributed by atoms with E-state index in [-0.39, 0.29) is 5.92 Å². The molecule has 1 aliphatic heterocycles. The lowest BCUT2D eigenvalue weighted by Crippen LogP contribution is -2.15. The number of carboxylic acid groups (broad SMARTS) is 1. The molecular weight excluding hydrogens is 202 g/mol. The zero-order valence-electron chi connectivity index (χ0n) is 9.49. The van der Waals surface area contributed by atoms with Crippen LogP contribution in [0.2, 0.25) is 0 Å². The Morgan fingerprint density at radius 3 is 3.06 bits per heavy atom. The van der Waals surface area contributed by atoms with Gasteiger partial charge in [0.05, 0.1) is 5.92 Å². The molecule has 1 aromatic rings. The van der Waals surface area contributed by atoms with Crippen LogP contribution < -0.4 is 5.32 Å². The summed E-state index contributed by atoms with van der Waals surface area (Å²) in [4.78, 5) is 11.0. The van der Waals surface area contributed by atoms with Crippen LogP contribution >= 0.6 is 0 Å². The van der Waals surface area contributed by atoms with Crippen LogP contribution in [0.1, 0.15) is 24.5 Å². The van der Waals surface area contributed by atoms with Crippen molar-refractivity contribution in [1.29, 1.82) is 0 Å². The third kappa shape index (κ3) is 2.18. The molecule has 1 aliphatic rings. The van der Waals surface area contributed by atoms with Gasteiger partial charge >= 0.3 is 5.97 Å². The average molecular weight is 219 g/mol. The highest BCUT2D eigenvalue weighted by Gasteiger charge is 2.17. The Morgan fingerprint density at radius 2 is 2.38 bits per heavy atom. The summed E-state index contributed by atoms with van der Waals surface area (Å²) >= 11 is 0. The van der Waals surface area contributed by atoms with Crippen molar-refractivity contribution >= 4 is 11.7 Å². The van der Waals surface area contributed by atoms with Crippen molar-refractivity contribution in [2.24, 2.45) is 5.92 Å². The summed E-state index contributed by atoms with van der Waals surface area (Å²) in [6.45, 7) is 2.92. The van der Waals surface area contributed by atoms with Crippen molar-refractivity contribution in [3.63, 3.8) is 0 Å². The van der Waals surface area contributed by atoms with Crippen molar-refractivity contribution in [3.05, 3.63) is 29.3 Å². The van der Waals surface area contributed by atoms with Crippen LogP contribution in [-0.4, -0.2) is 17.6 Å². The van der Waals surface area contributed by atoms with Gasteiger partial charge in [0.2, 0.25) is 0 Å². The fraction of sp³-hybridized carbons (Fsp3) is 0.462. The molecule has 0 aliphatic carbocycles. The second-order valence-corrected chi connectivity index (χ2v) is 4.32. The molecular formula is C13H17NO2. The Kier molecular flexibility index (Phi) is 3.13. The van der Waals surface area contributed by atoms with Gasteiger partial charge in [-0.3, -0.25) is 4.79 Å². The summed E-state index contributed by atoms with van der Waals surface area (Å²) in [7, 11) is 0. The molecule has 0 saturated carbocycles. The number of benzene rings is 1. The summed E-state index contributed by atoms with van der Waals surface area (Å²) in [5, 5.41) is 12.3. The number of hydrogen-bond donors (Lipinski definition) is 2. The number of carboxylic acids is 1. The van der Waals surface area contributed by atoms with Gasteiger partial charge in [-0.05, 0) is 36.5 Å². The number of hydrogen-bond acceptors (Lipinski definition) is 2. The van der Waals surface area contributed by atoms with Crippen LogP contribution in [0.5, 0.6) is 0 Å². The van der Waals surface area contributed by atoms with E-state index in [9.17, 15) is 4.79 Å². The van der Waals surface area contributed by atoms with Gasteiger partial charge in [-0.25, -0.2) is 0 Å². The zero-order valence-corrected chi connectivity index (χ0v) is 9.49. The SMILES string of the molecule is CCC(Cc1ccc2c(c1)CCN2)C(=O)O. The third-order valence-electron chi connectivity index (χ3n) is 3.20. The van der Waals surface area contributed by atoms with Crippen molar-refractivity contribution < 1.29 is 9.90 Å². The van der Waals surface area contributed by atoms with Gasteiger partial charge in [0, 0.05) is 12.2 Å². The number of rotatable bonds is 4. The zero-order chi connectivity index (χ0) is 11.5. The van der Waals surface area contributed by atoms with Crippen LogP contribution in [0.15, 0.2) is 18.2 Å². The van der Waals surface area contributed by atoms with Gasteiger partial charge in [-0.2, -0.15) is 0 Å². The number of fused-ring (bicyclic) bond motifs is 1. The summed E-state index contributed by atoms with van der Waals surface area (Å²) < 4.78 is 0. The van der Waals surface area contributed by atoms with E-state index in [0.29, 0.717) is 12.8 Å². The summed E-state index contributed by atoms with van der Waals surface area (Å²) in [5.41, 5.74) is 3.65. The topological polar surface area (TPSA) is 49.3 Å². The molecule has 0 amide bonds. The van der Waals surface area contributed by atoms with Crippen molar-refractivity contribution in [2.75, 3.05) is 11.9 Å². The Labute approximate surface area is 95.5 Å². The molecule has 0 fully saturated rings. The maximum absolute atomic E-state index is 11.0. The normalized spacial score (nSPS) is 15.3. The molecule has 1 aromatic carbocycles. The molecule has 3 nitrogen and oxygen atoms in total. The van der Waals surface area contributed by atoms with E-state index in [0.717, 1.165) is 18.5 Å². The minimum Gasteiger partial charge on any atom is -0.481 e. The largest absolute Gasteiger partial charge is 0.481 e. The van der Waals surface area contributed by atoms with Gasteiger partial charge in [-0.1, -0.05) is 19.1 Å². The van der Waals surface area contributed by atoms with Crippen LogP contribution in [0, 0.1) is 5.92 Å². The molecule has 1 atom stereocenters. The second-order valence-electron chi connectivity index (χ2n) is 4.32. The molecule has 2 rings (SSSR count). The molecule has 0 aromatic heterocycles. The number of anilines is 1. The van der Waals surface area contributed by atoms with E-state index in [1.165, 1.54) is 11.3 Å². The highest BCUT2D eigenvalue weighted by Crippen LogP contribution is 2.24. The van der Waals surface area contributed by atoms with E-state index < -0.39 is 5.97 Å². The van der Waals surface area contributed by atoms with Gasteiger partial charge in [0.1, 0.15) is 0 Å². The van der Waals surface area contributed by atoms with Crippen molar-refractivity contribution in [2.45, 2.75) is 26.2 Å². The van der Waals surface area contributed by atoms with Gasteiger partial charge in [0.25, 0.3) is 0 Å². The number of aliphatic carboxylic acids is 1. The average Bonchev–Trinajstić information content (AvgIpc) is 2.72.